The first-order valence-electron chi connectivity index (χ1n) is 13.3. The summed E-state index contributed by atoms with van der Waals surface area (Å²) in [7, 11) is 1.53. The fourth-order valence-electron chi connectivity index (χ4n) is 5.00. The number of esters is 1. The van der Waals surface area contributed by atoms with E-state index in [1.807, 2.05) is 0 Å². The van der Waals surface area contributed by atoms with E-state index in [9.17, 15) is 19.2 Å². The lowest BCUT2D eigenvalue weighted by Gasteiger charge is -2.15. The molecule has 1 aromatic heterocycles. The Hall–Kier alpha value is -5.34. The van der Waals surface area contributed by atoms with Crippen LogP contribution in [0.3, 0.4) is 0 Å². The number of amides is 2. The number of aromatic nitrogens is 1. The van der Waals surface area contributed by atoms with Gasteiger partial charge >= 0.3 is 5.97 Å². The van der Waals surface area contributed by atoms with Crippen molar-refractivity contribution in [2.45, 2.75) is 6.92 Å². The molecule has 0 N–H and O–H groups in total. The number of carbonyl (C=O) groups is 4. The first kappa shape index (κ1) is 27.8. The minimum atomic E-state index is -0.695. The van der Waals surface area contributed by atoms with Gasteiger partial charge in [-0.2, -0.15) is 0 Å². The number of methoxy groups -OCH3 is 1. The lowest BCUT2D eigenvalue weighted by Crippen LogP contribution is -2.29. The zero-order valence-corrected chi connectivity index (χ0v) is 23.8. The maximum atomic E-state index is 13.3. The molecule has 2 amide bonds. The SMILES string of the molecule is COc1ccc(C(=O)COC(=O)c2cc(-c3ccc(N4C(=O)c5ccccc5C4=O)cc3)nc3c(C)c(Cl)ccc23)cc1. The highest BCUT2D eigenvalue weighted by atomic mass is 35.5. The van der Waals surface area contributed by atoms with Crippen LogP contribution in [-0.4, -0.2) is 42.3 Å². The summed E-state index contributed by atoms with van der Waals surface area (Å²) in [5.41, 5.74) is 3.97. The summed E-state index contributed by atoms with van der Waals surface area (Å²) in [6.45, 7) is 1.35. The molecule has 8 nitrogen and oxygen atoms in total. The van der Waals surface area contributed by atoms with Crippen molar-refractivity contribution in [3.63, 3.8) is 0 Å². The molecule has 5 aromatic rings. The van der Waals surface area contributed by atoms with Crippen molar-refractivity contribution in [1.82, 2.24) is 4.98 Å². The molecule has 0 saturated heterocycles. The normalized spacial score (nSPS) is 12.4. The van der Waals surface area contributed by atoms with Gasteiger partial charge in [0.2, 0.25) is 0 Å². The number of fused-ring (bicyclic) bond motifs is 2. The molecule has 1 aliphatic heterocycles. The first-order chi connectivity index (χ1) is 20.8. The van der Waals surface area contributed by atoms with Crippen molar-refractivity contribution in [3.8, 4) is 17.0 Å². The molecule has 0 spiro atoms. The average Bonchev–Trinajstić information content (AvgIpc) is 3.30. The lowest BCUT2D eigenvalue weighted by atomic mass is 10.0. The molecule has 0 fully saturated rings. The Morgan fingerprint density at radius 1 is 0.860 bits per heavy atom. The number of rotatable bonds is 7. The van der Waals surface area contributed by atoms with E-state index in [-0.39, 0.29) is 11.3 Å². The summed E-state index contributed by atoms with van der Waals surface area (Å²) < 4.78 is 10.6. The quantitative estimate of drug-likeness (QED) is 0.118. The van der Waals surface area contributed by atoms with Gasteiger partial charge in [0.1, 0.15) is 5.75 Å². The molecule has 212 valence electrons. The number of imide groups is 1. The number of ketones is 1. The average molecular weight is 591 g/mol. The molecule has 1 aliphatic rings. The lowest BCUT2D eigenvalue weighted by molar-refractivity contribution is 0.0476. The number of anilines is 1. The molecule has 4 aromatic carbocycles. The van der Waals surface area contributed by atoms with Gasteiger partial charge in [-0.3, -0.25) is 14.4 Å². The van der Waals surface area contributed by atoms with Crippen LogP contribution in [0, 0.1) is 6.92 Å². The van der Waals surface area contributed by atoms with Crippen LogP contribution in [0.2, 0.25) is 5.02 Å². The summed E-state index contributed by atoms with van der Waals surface area (Å²) in [6.07, 6.45) is 0. The van der Waals surface area contributed by atoms with E-state index in [2.05, 4.69) is 0 Å². The number of hydrogen-bond donors (Lipinski definition) is 0. The number of nitrogens with zero attached hydrogens (tertiary/aromatic N) is 2. The van der Waals surface area contributed by atoms with Crippen LogP contribution in [0.5, 0.6) is 5.75 Å². The minimum Gasteiger partial charge on any atom is -0.497 e. The summed E-state index contributed by atoms with van der Waals surface area (Å²) in [4.78, 5) is 57.8. The van der Waals surface area contributed by atoms with Gasteiger partial charge in [0.25, 0.3) is 11.8 Å². The van der Waals surface area contributed by atoms with Gasteiger partial charge in [-0.05, 0) is 73.2 Å². The highest BCUT2D eigenvalue weighted by Crippen LogP contribution is 2.33. The number of hydrogen-bond acceptors (Lipinski definition) is 7. The van der Waals surface area contributed by atoms with E-state index in [0.717, 1.165) is 4.90 Å². The Bertz CT molecular complexity index is 1920. The fourth-order valence-corrected chi connectivity index (χ4v) is 5.15. The van der Waals surface area contributed by atoms with Gasteiger partial charge < -0.3 is 9.47 Å². The maximum absolute atomic E-state index is 13.3. The molecular formula is C34H23ClN2O6. The van der Waals surface area contributed by atoms with Crippen LogP contribution in [-0.2, 0) is 4.74 Å². The van der Waals surface area contributed by atoms with Gasteiger partial charge in [0.15, 0.2) is 12.4 Å². The maximum Gasteiger partial charge on any atom is 0.339 e. The molecule has 0 radical (unpaired) electrons. The molecule has 0 unspecified atom stereocenters. The third kappa shape index (κ3) is 5.02. The van der Waals surface area contributed by atoms with E-state index in [0.29, 0.717) is 60.9 Å². The van der Waals surface area contributed by atoms with Crippen molar-refractivity contribution in [1.29, 1.82) is 0 Å². The Morgan fingerprint density at radius 2 is 1.51 bits per heavy atom. The van der Waals surface area contributed by atoms with Crippen molar-refractivity contribution in [2.24, 2.45) is 0 Å². The number of Topliss-reactive ketones (excluding diaryl/α,β-unsaturated/α-hetero) is 1. The predicted molar refractivity (Wildman–Crippen MR) is 162 cm³/mol. The van der Waals surface area contributed by atoms with Gasteiger partial charge in [-0.25, -0.2) is 14.7 Å². The molecule has 9 heteroatoms. The third-order valence-electron chi connectivity index (χ3n) is 7.35. The van der Waals surface area contributed by atoms with E-state index >= 15 is 0 Å². The number of aryl methyl sites for hydroxylation is 1. The molecule has 2 heterocycles. The van der Waals surface area contributed by atoms with E-state index in [1.165, 1.54) is 7.11 Å². The molecule has 0 aliphatic carbocycles. The predicted octanol–water partition coefficient (Wildman–Crippen LogP) is 6.71. The zero-order chi connectivity index (χ0) is 30.2. The fraction of sp³-hybridized carbons (Fsp3) is 0.0882. The van der Waals surface area contributed by atoms with E-state index in [4.69, 9.17) is 26.1 Å². The van der Waals surface area contributed by atoms with Crippen molar-refractivity contribution < 1.29 is 28.7 Å². The van der Waals surface area contributed by atoms with Crippen LogP contribution >= 0.6 is 11.6 Å². The van der Waals surface area contributed by atoms with Crippen LogP contribution in [0.25, 0.3) is 22.2 Å². The molecule has 0 atom stereocenters. The van der Waals surface area contributed by atoms with Crippen LogP contribution in [0.1, 0.15) is 47.0 Å². The standard InChI is InChI=1S/C34H23ClN2O6/c1-19-28(35)16-15-24-27(34(41)43-18-30(38)21-9-13-23(42-2)14-10-21)17-29(36-31(19)24)20-7-11-22(12-8-20)37-32(39)25-5-3-4-6-26(25)33(37)40/h3-17H,18H2,1-2H3. The molecule has 0 bridgehead atoms. The monoisotopic (exact) mass is 590 g/mol. The molecule has 0 saturated carbocycles. The van der Waals surface area contributed by atoms with Crippen molar-refractivity contribution >= 4 is 51.8 Å². The number of carbonyl (C=O) groups excluding carboxylic acids is 4. The number of pyridine rings is 1. The highest BCUT2D eigenvalue weighted by molar-refractivity contribution is 6.34. The Morgan fingerprint density at radius 3 is 2.14 bits per heavy atom. The topological polar surface area (TPSA) is 103 Å². The Kier molecular flexibility index (Phi) is 7.21. The third-order valence-corrected chi connectivity index (χ3v) is 7.76. The highest BCUT2D eigenvalue weighted by Gasteiger charge is 2.36. The Balaban J connectivity index is 1.31. The van der Waals surface area contributed by atoms with Gasteiger partial charge in [-0.15, -0.1) is 0 Å². The number of ether oxygens (including phenoxy) is 2. The second kappa shape index (κ2) is 11.2. The van der Waals surface area contributed by atoms with Gasteiger partial charge in [-0.1, -0.05) is 41.9 Å². The number of halogens is 1. The molecule has 43 heavy (non-hydrogen) atoms. The smallest absolute Gasteiger partial charge is 0.339 e. The van der Waals surface area contributed by atoms with Crippen LogP contribution < -0.4 is 9.64 Å². The second-order valence-corrected chi connectivity index (χ2v) is 10.3. The van der Waals surface area contributed by atoms with Gasteiger partial charge in [0, 0.05) is 21.5 Å². The Labute approximate surface area is 251 Å². The minimum absolute atomic E-state index is 0.215. The van der Waals surface area contributed by atoms with E-state index in [1.54, 1.807) is 97.9 Å². The summed E-state index contributed by atoms with van der Waals surface area (Å²) >= 11 is 6.39. The zero-order valence-electron chi connectivity index (χ0n) is 23.1. The van der Waals surface area contributed by atoms with E-state index < -0.39 is 24.4 Å². The van der Waals surface area contributed by atoms with Crippen molar-refractivity contribution in [2.75, 3.05) is 18.6 Å². The molecule has 6 rings (SSSR count). The molecular weight excluding hydrogens is 568 g/mol. The van der Waals surface area contributed by atoms with Crippen LogP contribution in [0.15, 0.2) is 91.0 Å². The summed E-state index contributed by atoms with van der Waals surface area (Å²) in [6, 6.07) is 24.9. The van der Waals surface area contributed by atoms with Crippen LogP contribution in [0.4, 0.5) is 5.69 Å². The summed E-state index contributed by atoms with van der Waals surface area (Å²) in [5.74, 6) is -1.24. The first-order valence-corrected chi connectivity index (χ1v) is 13.7. The second-order valence-electron chi connectivity index (χ2n) is 9.89. The van der Waals surface area contributed by atoms with Crippen molar-refractivity contribution in [3.05, 3.63) is 124 Å². The number of benzene rings is 4. The summed E-state index contributed by atoms with van der Waals surface area (Å²) in [5, 5.41) is 1.00. The van der Waals surface area contributed by atoms with Gasteiger partial charge in [0.05, 0.1) is 40.7 Å². The largest absolute Gasteiger partial charge is 0.497 e.